The number of piperidine rings is 2. The van der Waals surface area contributed by atoms with Crippen molar-refractivity contribution in [2.75, 3.05) is 32.7 Å². The normalized spacial score (nSPS) is 20.5. The van der Waals surface area contributed by atoms with Gasteiger partial charge < -0.3 is 10.7 Å². The summed E-state index contributed by atoms with van der Waals surface area (Å²) in [6, 6.07) is 19.3. The number of nitriles is 1. The molecule has 0 spiro atoms. The Morgan fingerprint density at radius 1 is 0.970 bits per heavy atom. The minimum absolute atomic E-state index is 0.233. The number of nitrogens with two attached hydrogens (primary N) is 1. The number of rotatable bonds is 6. The maximum absolute atomic E-state index is 9.57. The summed E-state index contributed by atoms with van der Waals surface area (Å²) in [4.78, 5) is 8.93. The van der Waals surface area contributed by atoms with E-state index in [0.29, 0.717) is 18.0 Å². The van der Waals surface area contributed by atoms with Crippen molar-refractivity contribution in [2.24, 2.45) is 5.73 Å². The largest absolute Gasteiger partial charge is 0.361 e. The number of aromatic nitrogens is 1. The average Bonchev–Trinajstić information content (AvgIpc) is 3.32. The zero-order valence-corrected chi connectivity index (χ0v) is 19.5. The molecule has 2 fully saturated rings. The molecule has 2 aliphatic rings. The Morgan fingerprint density at radius 3 is 2.39 bits per heavy atom. The number of hydrogen-bond acceptors (Lipinski definition) is 4. The van der Waals surface area contributed by atoms with Gasteiger partial charge in [-0.05, 0) is 68.3 Å². The predicted molar refractivity (Wildman–Crippen MR) is 134 cm³/mol. The van der Waals surface area contributed by atoms with Crippen molar-refractivity contribution in [3.8, 4) is 6.07 Å². The van der Waals surface area contributed by atoms with Crippen molar-refractivity contribution < 1.29 is 0 Å². The molecule has 5 heteroatoms. The molecule has 0 amide bonds. The van der Waals surface area contributed by atoms with E-state index in [-0.39, 0.29) is 5.66 Å². The highest BCUT2D eigenvalue weighted by Gasteiger charge is 2.46. The van der Waals surface area contributed by atoms with Crippen LogP contribution in [0.4, 0.5) is 0 Å². The van der Waals surface area contributed by atoms with E-state index in [9.17, 15) is 5.26 Å². The van der Waals surface area contributed by atoms with Crippen LogP contribution in [-0.4, -0.2) is 47.5 Å². The highest BCUT2D eigenvalue weighted by Crippen LogP contribution is 2.44. The molecule has 2 aliphatic heterocycles. The van der Waals surface area contributed by atoms with E-state index >= 15 is 0 Å². The third-order valence-electron chi connectivity index (χ3n) is 7.90. The Kier molecular flexibility index (Phi) is 6.50. The van der Waals surface area contributed by atoms with Crippen LogP contribution >= 0.6 is 0 Å². The lowest BCUT2D eigenvalue weighted by atomic mass is 9.84. The first-order valence-corrected chi connectivity index (χ1v) is 12.5. The molecule has 1 atom stereocenters. The molecule has 2 aromatic carbocycles. The van der Waals surface area contributed by atoms with Gasteiger partial charge in [-0.2, -0.15) is 5.26 Å². The molecule has 0 saturated carbocycles. The fourth-order valence-electron chi connectivity index (χ4n) is 6.29. The molecule has 33 heavy (non-hydrogen) atoms. The third-order valence-corrected chi connectivity index (χ3v) is 7.90. The SMILES string of the molecule is N#Cc1ccc2[nH]cc(C(CCN)(N3CCCCC3)N3CCC(c4ccccc4)CC3)c2c1. The van der Waals surface area contributed by atoms with Gasteiger partial charge in [-0.15, -0.1) is 0 Å². The number of fused-ring (bicyclic) bond motifs is 1. The summed E-state index contributed by atoms with van der Waals surface area (Å²) in [5, 5.41) is 10.7. The van der Waals surface area contributed by atoms with Crippen LogP contribution in [0.3, 0.4) is 0 Å². The van der Waals surface area contributed by atoms with Gasteiger partial charge in [0.2, 0.25) is 0 Å². The molecule has 1 aromatic heterocycles. The van der Waals surface area contributed by atoms with Gasteiger partial charge in [0.1, 0.15) is 5.66 Å². The first-order chi connectivity index (χ1) is 16.3. The second-order valence-corrected chi connectivity index (χ2v) is 9.65. The summed E-state index contributed by atoms with van der Waals surface area (Å²) >= 11 is 0. The van der Waals surface area contributed by atoms with Crippen molar-refractivity contribution in [2.45, 2.75) is 50.1 Å². The van der Waals surface area contributed by atoms with Crippen LogP contribution in [0.5, 0.6) is 0 Å². The van der Waals surface area contributed by atoms with E-state index < -0.39 is 0 Å². The molecule has 3 aromatic rings. The topological polar surface area (TPSA) is 72.1 Å². The van der Waals surface area contributed by atoms with E-state index in [1.165, 1.54) is 35.8 Å². The number of benzene rings is 2. The number of nitrogens with zero attached hydrogens (tertiary/aromatic N) is 3. The number of nitrogens with one attached hydrogen (secondary N) is 1. The molecular weight excluding hydrogens is 406 g/mol. The Morgan fingerprint density at radius 2 is 1.70 bits per heavy atom. The Hall–Kier alpha value is -2.65. The first-order valence-electron chi connectivity index (χ1n) is 12.5. The highest BCUT2D eigenvalue weighted by atomic mass is 15.4. The van der Waals surface area contributed by atoms with Crippen LogP contribution in [0.25, 0.3) is 10.9 Å². The summed E-state index contributed by atoms with van der Waals surface area (Å²) in [6.07, 6.45) is 9.19. The lowest BCUT2D eigenvalue weighted by Gasteiger charge is -2.54. The van der Waals surface area contributed by atoms with Crippen molar-refractivity contribution in [3.05, 3.63) is 71.4 Å². The minimum Gasteiger partial charge on any atom is -0.361 e. The molecule has 3 N–H and O–H groups in total. The fraction of sp³-hybridized carbons (Fsp3) is 0.464. The van der Waals surface area contributed by atoms with Crippen LogP contribution in [0.2, 0.25) is 0 Å². The van der Waals surface area contributed by atoms with Gasteiger partial charge in [0.05, 0.1) is 11.6 Å². The number of likely N-dealkylation sites (tertiary alicyclic amines) is 2. The zero-order chi connectivity index (χ0) is 22.7. The molecule has 172 valence electrons. The predicted octanol–water partition coefficient (Wildman–Crippen LogP) is 4.91. The zero-order valence-electron chi connectivity index (χ0n) is 19.5. The van der Waals surface area contributed by atoms with Crippen LogP contribution < -0.4 is 5.73 Å². The Balaban J connectivity index is 1.56. The maximum atomic E-state index is 9.57. The quantitative estimate of drug-likeness (QED) is 0.570. The summed E-state index contributed by atoms with van der Waals surface area (Å²) in [5.41, 5.74) is 10.7. The minimum atomic E-state index is -0.233. The molecule has 2 saturated heterocycles. The fourth-order valence-corrected chi connectivity index (χ4v) is 6.29. The second kappa shape index (κ2) is 9.69. The molecule has 3 heterocycles. The highest BCUT2D eigenvalue weighted by molar-refractivity contribution is 5.85. The van der Waals surface area contributed by atoms with Gasteiger partial charge in [0.25, 0.3) is 0 Å². The van der Waals surface area contributed by atoms with Gasteiger partial charge in [0, 0.05) is 48.8 Å². The van der Waals surface area contributed by atoms with Crippen molar-refractivity contribution >= 4 is 10.9 Å². The standard InChI is InChI=1S/C28H35N5/c29-14-13-28(32-15-5-2-6-16-32,26-21-31-27-10-9-22(20-30)19-25(26)27)33-17-11-24(12-18-33)23-7-3-1-4-8-23/h1,3-4,7-10,19,21,24,31H,2,5-6,11-18,29H2. The van der Waals surface area contributed by atoms with Gasteiger partial charge in [0.15, 0.2) is 0 Å². The summed E-state index contributed by atoms with van der Waals surface area (Å²) in [5.74, 6) is 0.618. The van der Waals surface area contributed by atoms with Crippen LogP contribution in [-0.2, 0) is 5.66 Å². The van der Waals surface area contributed by atoms with Crippen LogP contribution in [0, 0.1) is 11.3 Å². The number of aromatic amines is 1. The first kappa shape index (κ1) is 22.2. The molecule has 5 rings (SSSR count). The van der Waals surface area contributed by atoms with Crippen LogP contribution in [0.15, 0.2) is 54.7 Å². The molecule has 0 radical (unpaired) electrons. The van der Waals surface area contributed by atoms with E-state index in [4.69, 9.17) is 5.73 Å². The van der Waals surface area contributed by atoms with Crippen molar-refractivity contribution in [3.63, 3.8) is 0 Å². The Bertz CT molecular complexity index is 1100. The van der Waals surface area contributed by atoms with Crippen molar-refractivity contribution in [1.29, 1.82) is 5.26 Å². The van der Waals surface area contributed by atoms with Gasteiger partial charge in [-0.3, -0.25) is 9.80 Å². The van der Waals surface area contributed by atoms with Crippen molar-refractivity contribution in [1.82, 2.24) is 14.8 Å². The van der Waals surface area contributed by atoms with E-state index in [1.807, 2.05) is 12.1 Å². The second-order valence-electron chi connectivity index (χ2n) is 9.65. The number of H-pyrrole nitrogens is 1. The maximum Gasteiger partial charge on any atom is 0.103 e. The Labute approximate surface area is 197 Å². The summed E-state index contributed by atoms with van der Waals surface area (Å²) < 4.78 is 0. The molecule has 1 unspecified atom stereocenters. The van der Waals surface area contributed by atoms with Crippen LogP contribution in [0.1, 0.15) is 61.1 Å². The third kappa shape index (κ3) is 4.08. The molecule has 0 aliphatic carbocycles. The van der Waals surface area contributed by atoms with Gasteiger partial charge in [-0.25, -0.2) is 0 Å². The summed E-state index contributed by atoms with van der Waals surface area (Å²) in [6.45, 7) is 4.95. The summed E-state index contributed by atoms with van der Waals surface area (Å²) in [7, 11) is 0. The molecule has 0 bridgehead atoms. The van der Waals surface area contributed by atoms with E-state index in [0.717, 1.165) is 51.0 Å². The number of hydrogen-bond donors (Lipinski definition) is 2. The molecule has 5 nitrogen and oxygen atoms in total. The lowest BCUT2D eigenvalue weighted by Crippen LogP contribution is -2.61. The smallest absolute Gasteiger partial charge is 0.103 e. The van der Waals surface area contributed by atoms with E-state index in [1.54, 1.807) is 0 Å². The van der Waals surface area contributed by atoms with Gasteiger partial charge >= 0.3 is 0 Å². The monoisotopic (exact) mass is 441 g/mol. The van der Waals surface area contributed by atoms with E-state index in [2.05, 4.69) is 63.4 Å². The molecular formula is C28H35N5. The average molecular weight is 442 g/mol. The lowest BCUT2D eigenvalue weighted by molar-refractivity contribution is -0.0893. The van der Waals surface area contributed by atoms with Gasteiger partial charge in [-0.1, -0.05) is 36.8 Å².